The molecule has 2 fully saturated rings. The minimum absolute atomic E-state index is 0.220. The molecule has 8 heteroatoms. The molecule has 0 aliphatic carbocycles. The number of carbonyl (C=O) groups excluding carboxylic acids is 2. The molecule has 3 rings (SSSR count). The lowest BCUT2D eigenvalue weighted by atomic mass is 10.1. The molecule has 1 aromatic rings. The Bertz CT molecular complexity index is 1050. The van der Waals surface area contributed by atoms with E-state index < -0.39 is 6.04 Å². The Labute approximate surface area is 227 Å². The number of hydrogen-bond donors (Lipinski definition) is 2. The van der Waals surface area contributed by atoms with Crippen LogP contribution in [0, 0.1) is 0 Å². The number of amides is 2. The highest BCUT2D eigenvalue weighted by molar-refractivity contribution is 6.07. The predicted octanol–water partition coefficient (Wildman–Crippen LogP) is 3.75. The van der Waals surface area contributed by atoms with Crippen LogP contribution in [0.5, 0.6) is 11.5 Å². The molecular formula is C30H44N4O4. The van der Waals surface area contributed by atoms with Crippen molar-refractivity contribution in [2.45, 2.75) is 53.0 Å². The van der Waals surface area contributed by atoms with Gasteiger partial charge in [-0.05, 0) is 83.9 Å². The highest BCUT2D eigenvalue weighted by Crippen LogP contribution is 2.30. The zero-order valence-corrected chi connectivity index (χ0v) is 23.6. The van der Waals surface area contributed by atoms with Gasteiger partial charge in [-0.1, -0.05) is 23.3 Å². The first-order valence-electron chi connectivity index (χ1n) is 13.6. The van der Waals surface area contributed by atoms with E-state index in [0.29, 0.717) is 24.7 Å². The maximum Gasteiger partial charge on any atom is 0.268 e. The molecule has 2 amide bonds. The zero-order valence-electron chi connectivity index (χ0n) is 23.6. The number of allylic oxidation sites excluding steroid dienone is 3. The first-order valence-corrected chi connectivity index (χ1v) is 13.6. The van der Waals surface area contributed by atoms with Crippen molar-refractivity contribution < 1.29 is 19.1 Å². The topological polar surface area (TPSA) is 83.1 Å². The SMILES string of the molecule is CC(C)=CCC/C(C)=C/COc1ccc(/C=C2\NC(=O)[C@H](C)NC2=O)cc1OCCCN1CCN(C)CC1. The summed E-state index contributed by atoms with van der Waals surface area (Å²) in [5.41, 5.74) is 3.59. The third kappa shape index (κ3) is 9.65. The smallest absolute Gasteiger partial charge is 0.268 e. The first kappa shape index (κ1) is 29.5. The van der Waals surface area contributed by atoms with Crippen LogP contribution in [0.4, 0.5) is 0 Å². The van der Waals surface area contributed by atoms with E-state index in [4.69, 9.17) is 9.47 Å². The van der Waals surface area contributed by atoms with Crippen LogP contribution in [0.3, 0.4) is 0 Å². The van der Waals surface area contributed by atoms with Gasteiger partial charge in [0.15, 0.2) is 11.5 Å². The minimum Gasteiger partial charge on any atom is -0.490 e. The van der Waals surface area contributed by atoms with Gasteiger partial charge < -0.3 is 29.9 Å². The summed E-state index contributed by atoms with van der Waals surface area (Å²) >= 11 is 0. The quantitative estimate of drug-likeness (QED) is 0.246. The molecule has 2 heterocycles. The Morgan fingerprint density at radius 3 is 2.55 bits per heavy atom. The van der Waals surface area contributed by atoms with Gasteiger partial charge >= 0.3 is 0 Å². The van der Waals surface area contributed by atoms with E-state index in [1.807, 2.05) is 18.2 Å². The average Bonchev–Trinajstić information content (AvgIpc) is 2.87. The maximum absolute atomic E-state index is 12.3. The molecule has 0 saturated carbocycles. The Morgan fingerprint density at radius 1 is 1.05 bits per heavy atom. The van der Waals surface area contributed by atoms with Gasteiger partial charge in [0.05, 0.1) is 6.61 Å². The highest BCUT2D eigenvalue weighted by Gasteiger charge is 2.26. The molecule has 2 aliphatic rings. The van der Waals surface area contributed by atoms with Crippen LogP contribution < -0.4 is 20.1 Å². The summed E-state index contributed by atoms with van der Waals surface area (Å²) in [6.07, 6.45) is 8.95. The summed E-state index contributed by atoms with van der Waals surface area (Å²) in [6.45, 7) is 14.4. The molecule has 0 spiro atoms. The molecular weight excluding hydrogens is 480 g/mol. The lowest BCUT2D eigenvalue weighted by molar-refractivity contribution is -0.130. The van der Waals surface area contributed by atoms with Gasteiger partial charge in [0, 0.05) is 32.7 Å². The summed E-state index contributed by atoms with van der Waals surface area (Å²) < 4.78 is 12.3. The third-order valence-corrected chi connectivity index (χ3v) is 6.76. The normalized spacial score (nSPS) is 20.2. The van der Waals surface area contributed by atoms with E-state index in [0.717, 1.165) is 57.5 Å². The van der Waals surface area contributed by atoms with Crippen LogP contribution >= 0.6 is 0 Å². The molecule has 1 atom stereocenters. The number of carbonyl (C=O) groups is 2. The van der Waals surface area contributed by atoms with Crippen molar-refractivity contribution in [3.63, 3.8) is 0 Å². The first-order chi connectivity index (χ1) is 18.2. The number of rotatable bonds is 12. The molecule has 2 aliphatic heterocycles. The Balaban J connectivity index is 1.65. The van der Waals surface area contributed by atoms with Crippen molar-refractivity contribution >= 4 is 17.9 Å². The number of piperazine rings is 2. The molecule has 0 radical (unpaired) electrons. The van der Waals surface area contributed by atoms with Crippen molar-refractivity contribution in [2.75, 3.05) is 53.0 Å². The Hall–Kier alpha value is -3.10. The van der Waals surface area contributed by atoms with Gasteiger partial charge in [-0.3, -0.25) is 9.59 Å². The number of likely N-dealkylation sites (N-methyl/N-ethyl adjacent to an activating group) is 1. The lowest BCUT2D eigenvalue weighted by Crippen LogP contribution is -2.53. The second-order valence-corrected chi connectivity index (χ2v) is 10.5. The fraction of sp³-hybridized carbons (Fsp3) is 0.533. The van der Waals surface area contributed by atoms with E-state index in [1.54, 1.807) is 13.0 Å². The lowest BCUT2D eigenvalue weighted by Gasteiger charge is -2.32. The van der Waals surface area contributed by atoms with Gasteiger partial charge in [-0.25, -0.2) is 0 Å². The number of ether oxygens (including phenoxy) is 2. The Morgan fingerprint density at radius 2 is 1.82 bits per heavy atom. The second-order valence-electron chi connectivity index (χ2n) is 10.5. The van der Waals surface area contributed by atoms with E-state index in [2.05, 4.69) is 60.4 Å². The molecule has 8 nitrogen and oxygen atoms in total. The molecule has 2 saturated heterocycles. The van der Waals surface area contributed by atoms with Crippen LogP contribution in [0.2, 0.25) is 0 Å². The molecule has 38 heavy (non-hydrogen) atoms. The number of nitrogens with one attached hydrogen (secondary N) is 2. The van der Waals surface area contributed by atoms with Crippen LogP contribution in [0.1, 0.15) is 52.5 Å². The molecule has 1 aromatic carbocycles. The minimum atomic E-state index is -0.548. The fourth-order valence-corrected chi connectivity index (χ4v) is 4.26. The van der Waals surface area contributed by atoms with Crippen molar-refractivity contribution in [1.82, 2.24) is 20.4 Å². The molecule has 0 unspecified atom stereocenters. The summed E-state index contributed by atoms with van der Waals surface area (Å²) in [6, 6.07) is 5.04. The summed E-state index contributed by atoms with van der Waals surface area (Å²) in [4.78, 5) is 29.2. The van der Waals surface area contributed by atoms with Gasteiger partial charge in [0.25, 0.3) is 5.91 Å². The van der Waals surface area contributed by atoms with E-state index in [-0.39, 0.29) is 17.5 Å². The van der Waals surface area contributed by atoms with Crippen molar-refractivity contribution in [1.29, 1.82) is 0 Å². The summed E-state index contributed by atoms with van der Waals surface area (Å²) in [5.74, 6) is 0.749. The van der Waals surface area contributed by atoms with Crippen LogP contribution in [0.15, 0.2) is 47.2 Å². The van der Waals surface area contributed by atoms with E-state index >= 15 is 0 Å². The monoisotopic (exact) mass is 524 g/mol. The summed E-state index contributed by atoms with van der Waals surface area (Å²) in [5, 5.41) is 5.35. The highest BCUT2D eigenvalue weighted by atomic mass is 16.5. The number of benzene rings is 1. The van der Waals surface area contributed by atoms with Gasteiger partial charge in [-0.2, -0.15) is 0 Å². The van der Waals surface area contributed by atoms with Crippen LogP contribution in [0.25, 0.3) is 6.08 Å². The van der Waals surface area contributed by atoms with Crippen LogP contribution in [-0.4, -0.2) is 80.6 Å². The largest absolute Gasteiger partial charge is 0.490 e. The average molecular weight is 525 g/mol. The van der Waals surface area contributed by atoms with E-state index in [1.165, 1.54) is 11.1 Å². The number of nitrogens with zero attached hydrogens (tertiary/aromatic N) is 2. The van der Waals surface area contributed by atoms with Gasteiger partial charge in [0.2, 0.25) is 5.91 Å². The third-order valence-electron chi connectivity index (χ3n) is 6.76. The Kier molecular flexibility index (Phi) is 11.4. The molecule has 0 aromatic heterocycles. The van der Waals surface area contributed by atoms with Crippen molar-refractivity contribution in [3.05, 3.63) is 52.8 Å². The second kappa shape index (κ2) is 14.7. The summed E-state index contributed by atoms with van der Waals surface area (Å²) in [7, 11) is 2.16. The zero-order chi connectivity index (χ0) is 27.5. The van der Waals surface area contributed by atoms with Crippen molar-refractivity contribution in [3.8, 4) is 11.5 Å². The van der Waals surface area contributed by atoms with Crippen molar-refractivity contribution in [2.24, 2.45) is 0 Å². The maximum atomic E-state index is 12.3. The van der Waals surface area contributed by atoms with Gasteiger partial charge in [0.1, 0.15) is 18.3 Å². The standard InChI is InChI=1S/C30H44N4O4/c1-22(2)8-6-9-23(3)12-19-38-27-11-10-25(20-26-30(36)31-24(4)29(35)32-26)21-28(27)37-18-7-13-34-16-14-33(5)15-17-34/h8,10-12,20-21,24H,6-7,9,13-19H2,1-5H3,(H,31,36)(H,32,35)/b23-12+,26-20-/t24-/m0/s1. The fourth-order valence-electron chi connectivity index (χ4n) is 4.26. The molecule has 208 valence electrons. The van der Waals surface area contributed by atoms with Crippen LogP contribution in [-0.2, 0) is 9.59 Å². The number of hydrogen-bond acceptors (Lipinski definition) is 6. The molecule has 2 N–H and O–H groups in total. The van der Waals surface area contributed by atoms with E-state index in [9.17, 15) is 9.59 Å². The predicted molar refractivity (Wildman–Crippen MR) is 152 cm³/mol. The van der Waals surface area contributed by atoms with Gasteiger partial charge in [-0.15, -0.1) is 0 Å². The molecule has 0 bridgehead atoms.